The summed E-state index contributed by atoms with van der Waals surface area (Å²) in [6.07, 6.45) is 6.09. The molecule has 136 valence electrons. The van der Waals surface area contributed by atoms with Crippen LogP contribution in [0.2, 0.25) is 0 Å². The Hall–Kier alpha value is -2.47. The van der Waals surface area contributed by atoms with Gasteiger partial charge in [-0.15, -0.1) is 0 Å². The highest BCUT2D eigenvalue weighted by Gasteiger charge is 2.23. The fraction of sp³-hybridized carbons (Fsp3) is 0.400. The van der Waals surface area contributed by atoms with Crippen molar-refractivity contribution >= 4 is 28.0 Å². The third-order valence-corrected chi connectivity index (χ3v) is 5.29. The molecule has 26 heavy (non-hydrogen) atoms. The van der Waals surface area contributed by atoms with E-state index in [1.807, 2.05) is 25.1 Å². The number of nitrogens with zero attached hydrogens (tertiary/aromatic N) is 3. The highest BCUT2D eigenvalue weighted by atomic mass is 19.1. The van der Waals surface area contributed by atoms with Gasteiger partial charge >= 0.3 is 0 Å². The lowest BCUT2D eigenvalue weighted by Crippen LogP contribution is -2.36. The Morgan fingerprint density at radius 2 is 2.04 bits per heavy atom. The van der Waals surface area contributed by atoms with Gasteiger partial charge in [-0.3, -0.25) is 0 Å². The average molecular weight is 353 g/mol. The quantitative estimate of drug-likeness (QED) is 0.885. The zero-order valence-electron chi connectivity index (χ0n) is 15.2. The zero-order valence-corrected chi connectivity index (χ0v) is 15.2. The van der Waals surface area contributed by atoms with Crippen molar-refractivity contribution in [3.8, 4) is 0 Å². The second-order valence-corrected chi connectivity index (χ2v) is 7.26. The van der Waals surface area contributed by atoms with Gasteiger partial charge in [0.15, 0.2) is 0 Å². The minimum Gasteiger partial charge on any atom is -0.384 e. The predicted octanol–water partition coefficient (Wildman–Crippen LogP) is 3.40. The third-order valence-electron chi connectivity index (χ3n) is 5.29. The lowest BCUT2D eigenvalue weighted by molar-refractivity contribution is 0.264. The van der Waals surface area contributed by atoms with Crippen molar-refractivity contribution in [1.82, 2.24) is 14.9 Å². The molecule has 4 rings (SSSR count). The molecule has 6 heteroatoms. The number of nitrogens with one attached hydrogen (secondary N) is 1. The Bertz CT molecular complexity index is 896. The van der Waals surface area contributed by atoms with Crippen LogP contribution in [0.4, 0.5) is 15.9 Å². The minimum absolute atomic E-state index is 0.386. The first-order chi connectivity index (χ1) is 12.5. The van der Waals surface area contributed by atoms with Crippen molar-refractivity contribution in [1.29, 1.82) is 0 Å². The summed E-state index contributed by atoms with van der Waals surface area (Å²) in [4.78, 5) is 11.2. The monoisotopic (exact) mass is 353 g/mol. The molecule has 1 saturated heterocycles. The van der Waals surface area contributed by atoms with Gasteiger partial charge in [0, 0.05) is 22.7 Å². The lowest BCUT2D eigenvalue weighted by atomic mass is 10.0. The molecule has 3 heterocycles. The van der Waals surface area contributed by atoms with Gasteiger partial charge in [0.1, 0.15) is 12.0 Å². The summed E-state index contributed by atoms with van der Waals surface area (Å²) < 4.78 is 14.4. The van der Waals surface area contributed by atoms with E-state index in [2.05, 4.69) is 27.2 Å². The predicted molar refractivity (Wildman–Crippen MR) is 105 cm³/mol. The number of nitrogens with two attached hydrogens (primary N) is 1. The number of pyridine rings is 2. The first-order valence-electron chi connectivity index (χ1n) is 9.06. The summed E-state index contributed by atoms with van der Waals surface area (Å²) in [5.74, 6) is 0.458. The Kier molecular flexibility index (Phi) is 4.36. The number of rotatable bonds is 3. The molecular formula is C20H24FN5. The van der Waals surface area contributed by atoms with Gasteiger partial charge in [0.2, 0.25) is 0 Å². The first kappa shape index (κ1) is 17.0. The molecular weight excluding hydrogens is 329 g/mol. The van der Waals surface area contributed by atoms with Gasteiger partial charge in [-0.05, 0) is 63.7 Å². The Balaban J connectivity index is 1.76. The highest BCUT2D eigenvalue weighted by Crippen LogP contribution is 2.34. The average Bonchev–Trinajstić information content (AvgIpc) is 2.96. The molecule has 0 aromatic carbocycles. The number of anilines is 2. The topological polar surface area (TPSA) is 67.1 Å². The number of likely N-dealkylation sites (tertiary alicyclic amines) is 1. The van der Waals surface area contributed by atoms with Crippen LogP contribution in [0.1, 0.15) is 25.5 Å². The number of piperidine rings is 1. The van der Waals surface area contributed by atoms with Gasteiger partial charge in [0.05, 0.1) is 17.4 Å². The summed E-state index contributed by atoms with van der Waals surface area (Å²) in [5.41, 5.74) is 9.79. The fourth-order valence-electron chi connectivity index (χ4n) is 3.75. The molecule has 0 amide bonds. The summed E-state index contributed by atoms with van der Waals surface area (Å²) in [7, 11) is 2.15. The van der Waals surface area contributed by atoms with E-state index in [0.717, 1.165) is 48.1 Å². The summed E-state index contributed by atoms with van der Waals surface area (Å²) in [6, 6.07) is 4.18. The van der Waals surface area contributed by atoms with Crippen LogP contribution in [0.25, 0.3) is 16.5 Å². The van der Waals surface area contributed by atoms with Crippen LogP contribution < -0.4 is 11.1 Å². The molecule has 2 aromatic rings. The number of allylic oxidation sites excluding steroid dienone is 4. The second kappa shape index (κ2) is 6.68. The van der Waals surface area contributed by atoms with Gasteiger partial charge in [-0.1, -0.05) is 6.08 Å². The molecule has 0 spiro atoms. The van der Waals surface area contributed by atoms with E-state index < -0.39 is 6.17 Å². The first-order valence-corrected chi connectivity index (χ1v) is 9.06. The number of nitrogen functional groups attached to an aromatic ring is 1. The summed E-state index contributed by atoms with van der Waals surface area (Å²) in [5, 5.41) is 4.58. The number of aromatic nitrogens is 2. The van der Waals surface area contributed by atoms with Crippen LogP contribution in [0.3, 0.4) is 0 Å². The van der Waals surface area contributed by atoms with Crippen LogP contribution in [-0.2, 0) is 0 Å². The standard InChI is InChI=1S/C20H24FN5/c1-12-3-4-15(21)20(12)17-10-16(24-13-5-7-26(2)8-6-13)14-9-19(22)23-11-18(14)25-17/h3-4,9-11,13,15H,5-8H2,1-2H3,(H2,22,23)(H,24,25). The van der Waals surface area contributed by atoms with Crippen molar-refractivity contribution in [2.75, 3.05) is 31.2 Å². The maximum absolute atomic E-state index is 14.4. The van der Waals surface area contributed by atoms with Gasteiger partial charge in [-0.2, -0.15) is 0 Å². The van der Waals surface area contributed by atoms with Gasteiger partial charge < -0.3 is 16.0 Å². The lowest BCUT2D eigenvalue weighted by Gasteiger charge is -2.30. The zero-order chi connectivity index (χ0) is 18.3. The number of alkyl halides is 1. The Morgan fingerprint density at radius 3 is 2.73 bits per heavy atom. The van der Waals surface area contributed by atoms with Crippen molar-refractivity contribution in [3.05, 3.63) is 41.7 Å². The van der Waals surface area contributed by atoms with E-state index in [1.165, 1.54) is 0 Å². The molecule has 1 atom stereocenters. The van der Waals surface area contributed by atoms with E-state index in [1.54, 1.807) is 12.3 Å². The molecule has 2 aliphatic rings. The van der Waals surface area contributed by atoms with Crippen molar-refractivity contribution in [2.24, 2.45) is 0 Å². The second-order valence-electron chi connectivity index (χ2n) is 7.26. The Morgan fingerprint density at radius 1 is 1.27 bits per heavy atom. The fourth-order valence-corrected chi connectivity index (χ4v) is 3.75. The van der Waals surface area contributed by atoms with E-state index in [0.29, 0.717) is 23.1 Å². The molecule has 0 radical (unpaired) electrons. The van der Waals surface area contributed by atoms with E-state index in [9.17, 15) is 4.39 Å². The molecule has 1 unspecified atom stereocenters. The molecule has 0 bridgehead atoms. The van der Waals surface area contributed by atoms with E-state index >= 15 is 0 Å². The van der Waals surface area contributed by atoms with Crippen LogP contribution in [-0.4, -0.2) is 47.2 Å². The van der Waals surface area contributed by atoms with Gasteiger partial charge in [-0.25, -0.2) is 14.4 Å². The number of hydrogen-bond donors (Lipinski definition) is 2. The van der Waals surface area contributed by atoms with Crippen LogP contribution >= 0.6 is 0 Å². The number of hydrogen-bond acceptors (Lipinski definition) is 5. The normalized spacial score (nSPS) is 21.7. The maximum Gasteiger partial charge on any atom is 0.146 e. The molecule has 1 aliphatic carbocycles. The summed E-state index contributed by atoms with van der Waals surface area (Å²) in [6.45, 7) is 4.05. The molecule has 3 N–H and O–H groups in total. The van der Waals surface area contributed by atoms with Crippen LogP contribution in [0, 0.1) is 0 Å². The highest BCUT2D eigenvalue weighted by molar-refractivity contribution is 5.95. The van der Waals surface area contributed by atoms with E-state index in [-0.39, 0.29) is 0 Å². The van der Waals surface area contributed by atoms with Crippen LogP contribution in [0.5, 0.6) is 0 Å². The molecule has 0 saturated carbocycles. The van der Waals surface area contributed by atoms with E-state index in [4.69, 9.17) is 5.73 Å². The van der Waals surface area contributed by atoms with Crippen molar-refractivity contribution in [2.45, 2.75) is 32.0 Å². The SMILES string of the molecule is CC1=C(c2cc(NC3CCN(C)CC3)c3cc(N)ncc3n2)C(F)C=C1. The van der Waals surface area contributed by atoms with Crippen LogP contribution in [0.15, 0.2) is 36.1 Å². The molecule has 2 aromatic heterocycles. The summed E-state index contributed by atoms with van der Waals surface area (Å²) >= 11 is 0. The largest absolute Gasteiger partial charge is 0.384 e. The Labute approximate surface area is 152 Å². The smallest absolute Gasteiger partial charge is 0.146 e. The maximum atomic E-state index is 14.4. The number of fused-ring (bicyclic) bond motifs is 1. The molecule has 1 fully saturated rings. The molecule has 5 nitrogen and oxygen atoms in total. The van der Waals surface area contributed by atoms with Crippen molar-refractivity contribution in [3.63, 3.8) is 0 Å². The van der Waals surface area contributed by atoms with Gasteiger partial charge in [0.25, 0.3) is 0 Å². The van der Waals surface area contributed by atoms with Crippen molar-refractivity contribution < 1.29 is 4.39 Å². The molecule has 1 aliphatic heterocycles. The minimum atomic E-state index is -1.11. The number of halogens is 1. The third kappa shape index (κ3) is 3.17.